The summed E-state index contributed by atoms with van der Waals surface area (Å²) in [6.07, 6.45) is -0.342. The Hall–Kier alpha value is -2.23. The standard InChI is InChI=1S/C18H11ClF2N2O3S2/c19-8-1-4-11-12(5-8)27-13(6-15(24)25)18(26)23(11)7-14-22-10-3-2-9(20)16(21)17(10)28-14/h1-5,13H,6-7H2,(H,24,25). The van der Waals surface area contributed by atoms with Crippen LogP contribution in [0.15, 0.2) is 35.2 Å². The van der Waals surface area contributed by atoms with Crippen molar-refractivity contribution in [2.24, 2.45) is 0 Å². The molecule has 4 rings (SSSR count). The molecule has 0 saturated heterocycles. The van der Waals surface area contributed by atoms with Gasteiger partial charge in [-0.2, -0.15) is 0 Å². The largest absolute Gasteiger partial charge is 0.481 e. The van der Waals surface area contributed by atoms with E-state index in [-0.39, 0.29) is 23.6 Å². The predicted molar refractivity (Wildman–Crippen MR) is 104 cm³/mol. The van der Waals surface area contributed by atoms with Crippen molar-refractivity contribution in [3.63, 3.8) is 0 Å². The van der Waals surface area contributed by atoms with E-state index in [1.54, 1.807) is 18.2 Å². The van der Waals surface area contributed by atoms with Crippen molar-refractivity contribution in [2.75, 3.05) is 4.90 Å². The fraction of sp³-hybridized carbons (Fsp3) is 0.167. The third-order valence-electron chi connectivity index (χ3n) is 4.17. The third-order valence-corrected chi connectivity index (χ3v) is 6.69. The average Bonchev–Trinajstić information content (AvgIpc) is 3.05. The molecule has 0 bridgehead atoms. The molecule has 144 valence electrons. The molecule has 2 heterocycles. The van der Waals surface area contributed by atoms with Gasteiger partial charge < -0.3 is 10.0 Å². The van der Waals surface area contributed by atoms with Crippen molar-refractivity contribution in [2.45, 2.75) is 23.1 Å². The summed E-state index contributed by atoms with van der Waals surface area (Å²) in [5.74, 6) is -3.41. The summed E-state index contributed by atoms with van der Waals surface area (Å²) in [7, 11) is 0. The van der Waals surface area contributed by atoms with Crippen LogP contribution in [0.4, 0.5) is 14.5 Å². The molecule has 1 unspecified atom stereocenters. The van der Waals surface area contributed by atoms with Crippen LogP contribution in [0.5, 0.6) is 0 Å². The highest BCUT2D eigenvalue weighted by molar-refractivity contribution is 8.01. The lowest BCUT2D eigenvalue weighted by Gasteiger charge is -2.32. The SMILES string of the molecule is O=C(O)CC1Sc2cc(Cl)ccc2N(Cc2nc3ccc(F)c(F)c3s2)C1=O. The first-order valence-corrected chi connectivity index (χ1v) is 10.1. The van der Waals surface area contributed by atoms with Crippen LogP contribution in [-0.4, -0.2) is 27.2 Å². The summed E-state index contributed by atoms with van der Waals surface area (Å²) in [6.45, 7) is 0.0184. The molecule has 0 fully saturated rings. The van der Waals surface area contributed by atoms with Gasteiger partial charge in [0, 0.05) is 9.92 Å². The van der Waals surface area contributed by atoms with Gasteiger partial charge in [0.2, 0.25) is 5.91 Å². The molecule has 10 heteroatoms. The molecular weight excluding hydrogens is 430 g/mol. The molecule has 1 atom stereocenters. The van der Waals surface area contributed by atoms with Gasteiger partial charge in [-0.1, -0.05) is 11.6 Å². The number of benzene rings is 2. The first kappa shape index (κ1) is 19.1. The molecule has 0 radical (unpaired) electrons. The van der Waals surface area contributed by atoms with Gasteiger partial charge in [0.05, 0.1) is 34.1 Å². The van der Waals surface area contributed by atoms with E-state index in [1.165, 1.54) is 11.0 Å². The lowest BCUT2D eigenvalue weighted by Crippen LogP contribution is -2.41. The Kier molecular flexibility index (Phi) is 4.98. The minimum absolute atomic E-state index is 0.0184. The van der Waals surface area contributed by atoms with Crippen molar-refractivity contribution < 1.29 is 23.5 Å². The van der Waals surface area contributed by atoms with Crippen LogP contribution >= 0.6 is 34.7 Å². The zero-order valence-electron chi connectivity index (χ0n) is 14.0. The van der Waals surface area contributed by atoms with Crippen molar-refractivity contribution in [1.82, 2.24) is 4.98 Å². The van der Waals surface area contributed by atoms with E-state index in [4.69, 9.17) is 16.7 Å². The van der Waals surface area contributed by atoms with E-state index in [0.29, 0.717) is 26.1 Å². The first-order valence-electron chi connectivity index (χ1n) is 8.06. The smallest absolute Gasteiger partial charge is 0.305 e. The third kappa shape index (κ3) is 3.45. The Labute approximate surface area is 170 Å². The number of amides is 1. The van der Waals surface area contributed by atoms with Gasteiger partial charge in [-0.05, 0) is 30.3 Å². The summed E-state index contributed by atoms with van der Waals surface area (Å²) >= 11 is 8.15. The number of thiazole rings is 1. The predicted octanol–water partition coefficient (Wildman–Crippen LogP) is 4.71. The zero-order chi connectivity index (χ0) is 20.0. The Morgan fingerprint density at radius 1 is 1.29 bits per heavy atom. The Bertz CT molecular complexity index is 1120. The highest BCUT2D eigenvalue weighted by Crippen LogP contribution is 2.42. The molecule has 1 aliphatic heterocycles. The number of halogens is 3. The second kappa shape index (κ2) is 7.31. The summed E-state index contributed by atoms with van der Waals surface area (Å²) in [5, 5.41) is 9.18. The number of aliphatic carboxylic acids is 1. The number of carbonyl (C=O) groups is 2. The number of carboxylic acid groups (broad SMARTS) is 1. The topological polar surface area (TPSA) is 70.5 Å². The van der Waals surface area contributed by atoms with E-state index in [2.05, 4.69) is 4.98 Å². The molecule has 3 aromatic rings. The quantitative estimate of drug-likeness (QED) is 0.636. The summed E-state index contributed by atoms with van der Waals surface area (Å²) in [5.41, 5.74) is 0.878. The van der Waals surface area contributed by atoms with Crippen LogP contribution in [-0.2, 0) is 16.1 Å². The number of rotatable bonds is 4. The molecule has 1 amide bonds. The van der Waals surface area contributed by atoms with Gasteiger partial charge in [-0.15, -0.1) is 23.1 Å². The Balaban J connectivity index is 1.74. The minimum Gasteiger partial charge on any atom is -0.481 e. The number of aromatic nitrogens is 1. The molecular formula is C18H11ClF2N2O3S2. The fourth-order valence-electron chi connectivity index (χ4n) is 2.94. The van der Waals surface area contributed by atoms with E-state index < -0.39 is 22.9 Å². The minimum atomic E-state index is -1.09. The maximum Gasteiger partial charge on any atom is 0.305 e. The average molecular weight is 441 g/mol. The maximum absolute atomic E-state index is 14.0. The Morgan fingerprint density at radius 3 is 2.82 bits per heavy atom. The number of hydrogen-bond acceptors (Lipinski definition) is 5. The van der Waals surface area contributed by atoms with Crippen LogP contribution in [0.1, 0.15) is 11.4 Å². The normalized spacial score (nSPS) is 16.5. The van der Waals surface area contributed by atoms with E-state index in [0.717, 1.165) is 29.2 Å². The number of fused-ring (bicyclic) bond motifs is 2. The van der Waals surface area contributed by atoms with Crippen LogP contribution in [0.2, 0.25) is 5.02 Å². The molecule has 0 aliphatic carbocycles. The van der Waals surface area contributed by atoms with Crippen molar-refractivity contribution in [3.05, 3.63) is 52.0 Å². The second-order valence-electron chi connectivity index (χ2n) is 6.06. The number of hydrogen-bond donors (Lipinski definition) is 1. The zero-order valence-corrected chi connectivity index (χ0v) is 16.4. The highest BCUT2D eigenvalue weighted by atomic mass is 35.5. The van der Waals surface area contributed by atoms with Gasteiger partial charge >= 0.3 is 5.97 Å². The number of carbonyl (C=O) groups excluding carboxylic acids is 1. The van der Waals surface area contributed by atoms with Crippen molar-refractivity contribution >= 4 is 62.5 Å². The second-order valence-corrected chi connectivity index (χ2v) is 8.82. The number of anilines is 1. The molecule has 28 heavy (non-hydrogen) atoms. The van der Waals surface area contributed by atoms with Crippen LogP contribution in [0.25, 0.3) is 10.2 Å². The highest BCUT2D eigenvalue weighted by Gasteiger charge is 2.35. The number of thioether (sulfide) groups is 1. The van der Waals surface area contributed by atoms with Gasteiger partial charge in [0.15, 0.2) is 11.6 Å². The Morgan fingerprint density at radius 2 is 2.07 bits per heavy atom. The van der Waals surface area contributed by atoms with E-state index >= 15 is 0 Å². The summed E-state index contributed by atoms with van der Waals surface area (Å²) < 4.78 is 27.5. The first-order chi connectivity index (χ1) is 13.3. The molecule has 1 aromatic heterocycles. The molecule has 0 saturated carbocycles. The lowest BCUT2D eigenvalue weighted by atomic mass is 10.2. The monoisotopic (exact) mass is 440 g/mol. The summed E-state index contributed by atoms with van der Waals surface area (Å²) in [4.78, 5) is 30.4. The molecule has 1 N–H and O–H groups in total. The van der Waals surface area contributed by atoms with E-state index in [1.807, 2.05) is 0 Å². The van der Waals surface area contributed by atoms with Crippen LogP contribution < -0.4 is 4.90 Å². The molecule has 5 nitrogen and oxygen atoms in total. The van der Waals surface area contributed by atoms with Crippen LogP contribution in [0, 0.1) is 11.6 Å². The van der Waals surface area contributed by atoms with Gasteiger partial charge in [0.25, 0.3) is 0 Å². The number of carboxylic acids is 1. The van der Waals surface area contributed by atoms with Crippen LogP contribution in [0.3, 0.4) is 0 Å². The van der Waals surface area contributed by atoms with Crippen molar-refractivity contribution in [1.29, 1.82) is 0 Å². The molecule has 2 aromatic carbocycles. The number of nitrogens with zero attached hydrogens (tertiary/aromatic N) is 2. The van der Waals surface area contributed by atoms with Gasteiger partial charge in [0.1, 0.15) is 5.01 Å². The van der Waals surface area contributed by atoms with Gasteiger partial charge in [-0.3, -0.25) is 9.59 Å². The maximum atomic E-state index is 14.0. The molecule has 0 spiro atoms. The van der Waals surface area contributed by atoms with E-state index in [9.17, 15) is 18.4 Å². The summed E-state index contributed by atoms with van der Waals surface area (Å²) in [6, 6.07) is 7.36. The van der Waals surface area contributed by atoms with Crippen molar-refractivity contribution in [3.8, 4) is 0 Å². The molecule has 1 aliphatic rings. The lowest BCUT2D eigenvalue weighted by molar-refractivity contribution is -0.138. The van der Waals surface area contributed by atoms with Gasteiger partial charge in [-0.25, -0.2) is 13.8 Å². The fourth-order valence-corrected chi connectivity index (χ4v) is 5.41.